The second kappa shape index (κ2) is 17.2. The quantitative estimate of drug-likeness (QED) is 0.142. The minimum atomic E-state index is 0.842. The first-order valence-electron chi connectivity index (χ1n) is 26.8. The molecule has 16 rings (SSSR count). The molecule has 0 unspecified atom stereocenters. The van der Waals surface area contributed by atoms with Crippen LogP contribution in [-0.2, 0) is 0 Å². The van der Waals surface area contributed by atoms with E-state index in [-0.39, 0.29) is 0 Å². The molecular formula is C74H48N2O2. The minimum absolute atomic E-state index is 0.842. The van der Waals surface area contributed by atoms with Crippen molar-refractivity contribution in [3.8, 4) is 22.3 Å². The van der Waals surface area contributed by atoms with E-state index in [1.54, 1.807) is 0 Å². The zero-order valence-electron chi connectivity index (χ0n) is 43.0. The van der Waals surface area contributed by atoms with Crippen LogP contribution in [0.3, 0.4) is 0 Å². The molecule has 0 atom stereocenters. The van der Waals surface area contributed by atoms with E-state index >= 15 is 0 Å². The molecule has 4 heteroatoms. The third-order valence-corrected chi connectivity index (χ3v) is 16.4. The van der Waals surface area contributed by atoms with Gasteiger partial charge in [0.25, 0.3) is 0 Å². The zero-order valence-corrected chi connectivity index (χ0v) is 43.0. The number of rotatable bonds is 8. The predicted molar refractivity (Wildman–Crippen MR) is 329 cm³/mol. The number of hydrogen-bond donors (Lipinski definition) is 0. The van der Waals surface area contributed by atoms with Crippen molar-refractivity contribution in [1.29, 1.82) is 0 Å². The molecule has 14 aromatic carbocycles. The lowest BCUT2D eigenvalue weighted by molar-refractivity contribution is 0.670. The molecule has 2 aromatic heterocycles. The van der Waals surface area contributed by atoms with Crippen molar-refractivity contribution in [2.75, 3.05) is 9.80 Å². The van der Waals surface area contributed by atoms with E-state index in [1.807, 2.05) is 0 Å². The average molecular weight is 997 g/mol. The van der Waals surface area contributed by atoms with Crippen LogP contribution in [0.25, 0.3) is 120 Å². The SMILES string of the molecule is Cc1ccccc1N(c1ccc2ccc3c(N(c4ccccc4C)c4cccc5c4oc4c(-c6ccccc6)cc6ccccc6c45)ccc4ccc1c2c43)c1cccc2c1oc1c(-c3ccccc3)cc3ccccc3c12. The number of benzene rings is 14. The fourth-order valence-electron chi connectivity index (χ4n) is 12.8. The van der Waals surface area contributed by atoms with E-state index in [9.17, 15) is 0 Å². The van der Waals surface area contributed by atoms with Crippen LogP contribution >= 0.6 is 0 Å². The Morgan fingerprint density at radius 1 is 0.244 bits per heavy atom. The van der Waals surface area contributed by atoms with Crippen molar-refractivity contribution in [3.05, 3.63) is 266 Å². The number of fused-ring (bicyclic) bond motifs is 10. The lowest BCUT2D eigenvalue weighted by atomic mass is 9.91. The number of nitrogens with zero attached hydrogens (tertiary/aromatic N) is 2. The Balaban J connectivity index is 0.952. The van der Waals surface area contributed by atoms with Gasteiger partial charge in [-0.05, 0) is 128 Å². The first kappa shape index (κ1) is 44.2. The molecule has 0 bridgehead atoms. The summed E-state index contributed by atoms with van der Waals surface area (Å²) in [6.07, 6.45) is 0. The normalized spacial score (nSPS) is 12.0. The van der Waals surface area contributed by atoms with Gasteiger partial charge in [-0.15, -0.1) is 0 Å². The molecule has 0 radical (unpaired) electrons. The van der Waals surface area contributed by atoms with Crippen molar-refractivity contribution < 1.29 is 8.83 Å². The third kappa shape index (κ3) is 6.53. The number of anilines is 6. The summed E-state index contributed by atoms with van der Waals surface area (Å²) in [7, 11) is 0. The topological polar surface area (TPSA) is 32.8 Å². The monoisotopic (exact) mass is 996 g/mol. The van der Waals surface area contributed by atoms with E-state index in [0.29, 0.717) is 0 Å². The summed E-state index contributed by atoms with van der Waals surface area (Å²) < 4.78 is 14.7. The number of para-hydroxylation sites is 4. The molecule has 16 aromatic rings. The summed E-state index contributed by atoms with van der Waals surface area (Å²) in [5.41, 5.74) is 16.4. The van der Waals surface area contributed by atoms with Gasteiger partial charge in [0.1, 0.15) is 11.2 Å². The van der Waals surface area contributed by atoms with Gasteiger partial charge >= 0.3 is 0 Å². The average Bonchev–Trinajstić information content (AvgIpc) is 4.28. The van der Waals surface area contributed by atoms with E-state index in [2.05, 4.69) is 278 Å². The van der Waals surface area contributed by atoms with E-state index in [4.69, 9.17) is 8.83 Å². The van der Waals surface area contributed by atoms with Crippen LogP contribution < -0.4 is 9.80 Å². The highest BCUT2D eigenvalue weighted by atomic mass is 16.3. The van der Waals surface area contributed by atoms with Crippen LogP contribution in [-0.4, -0.2) is 0 Å². The maximum atomic E-state index is 7.35. The molecule has 0 saturated carbocycles. The van der Waals surface area contributed by atoms with E-state index in [0.717, 1.165) is 122 Å². The molecule has 0 aliphatic heterocycles. The van der Waals surface area contributed by atoms with Crippen molar-refractivity contribution in [1.82, 2.24) is 0 Å². The highest BCUT2D eigenvalue weighted by Crippen LogP contribution is 2.53. The smallest absolute Gasteiger partial charge is 0.159 e. The molecule has 78 heavy (non-hydrogen) atoms. The highest BCUT2D eigenvalue weighted by molar-refractivity contribution is 6.30. The number of furan rings is 2. The van der Waals surface area contributed by atoms with E-state index in [1.165, 1.54) is 43.1 Å². The lowest BCUT2D eigenvalue weighted by Gasteiger charge is -2.30. The Hall–Kier alpha value is -10.2. The second-order valence-electron chi connectivity index (χ2n) is 20.8. The van der Waals surface area contributed by atoms with Gasteiger partial charge in [-0.2, -0.15) is 0 Å². The largest absolute Gasteiger partial charge is 0.453 e. The van der Waals surface area contributed by atoms with Gasteiger partial charge in [-0.3, -0.25) is 0 Å². The Morgan fingerprint density at radius 2 is 0.615 bits per heavy atom. The molecular weight excluding hydrogens is 949 g/mol. The van der Waals surface area contributed by atoms with Gasteiger partial charge in [0, 0.05) is 54.8 Å². The van der Waals surface area contributed by atoms with Crippen LogP contribution in [0.5, 0.6) is 0 Å². The van der Waals surface area contributed by atoms with Crippen molar-refractivity contribution >= 4 is 132 Å². The molecule has 2 heterocycles. The molecule has 366 valence electrons. The first-order chi connectivity index (χ1) is 38.6. The van der Waals surface area contributed by atoms with Crippen LogP contribution in [0.4, 0.5) is 34.1 Å². The number of aryl methyl sites for hydroxylation is 2. The van der Waals surface area contributed by atoms with E-state index < -0.39 is 0 Å². The van der Waals surface area contributed by atoms with Gasteiger partial charge in [-0.1, -0.05) is 206 Å². The molecule has 0 N–H and O–H groups in total. The molecule has 0 amide bonds. The molecule has 4 nitrogen and oxygen atoms in total. The summed E-state index contributed by atoms with van der Waals surface area (Å²) in [6.45, 7) is 4.41. The maximum absolute atomic E-state index is 7.35. The lowest BCUT2D eigenvalue weighted by Crippen LogP contribution is -2.13. The standard InChI is InChI=1S/C74H48N2O2/c1-45-19-9-15-31-61(45)75(65-33-17-29-57-69-53-27-13-11-25-51(53)43-59(73(69)77-71(57)65)47-21-5-3-6-22-47)63-41-37-49-36-40-56-64(42-38-50-35-39-55(63)67(49)68(50)56)76(62-32-16-10-20-46(62)2)66-34-18-30-58-70-54-28-14-12-26-52(54)44-60(74(70)78-72(58)66)48-23-7-4-8-24-48/h3-44H,1-2H3. The van der Waals surface area contributed by atoms with Crippen molar-refractivity contribution in [2.24, 2.45) is 0 Å². The summed E-state index contributed by atoms with van der Waals surface area (Å²) in [5.74, 6) is 0. The fourth-order valence-corrected chi connectivity index (χ4v) is 12.8. The Bertz CT molecular complexity index is 4750. The van der Waals surface area contributed by atoms with Crippen LogP contribution in [0.2, 0.25) is 0 Å². The van der Waals surface area contributed by atoms with Gasteiger partial charge in [-0.25, -0.2) is 0 Å². The predicted octanol–water partition coefficient (Wildman–Crippen LogP) is 21.6. The minimum Gasteiger partial charge on any atom is -0.453 e. The summed E-state index contributed by atoms with van der Waals surface area (Å²) >= 11 is 0. The van der Waals surface area contributed by atoms with Gasteiger partial charge in [0.2, 0.25) is 0 Å². The Labute approximate surface area is 450 Å². The van der Waals surface area contributed by atoms with Crippen molar-refractivity contribution in [2.45, 2.75) is 13.8 Å². The summed E-state index contributed by atoms with van der Waals surface area (Å²) in [5, 5.41) is 16.2. The van der Waals surface area contributed by atoms with Gasteiger partial charge in [0.15, 0.2) is 11.2 Å². The first-order valence-corrected chi connectivity index (χ1v) is 26.8. The molecule has 0 aliphatic rings. The van der Waals surface area contributed by atoms with Crippen LogP contribution in [0.1, 0.15) is 11.1 Å². The summed E-state index contributed by atoms with van der Waals surface area (Å²) in [6, 6.07) is 92.4. The van der Waals surface area contributed by atoms with Crippen LogP contribution in [0, 0.1) is 13.8 Å². The van der Waals surface area contributed by atoms with Gasteiger partial charge in [0.05, 0.1) is 22.7 Å². The second-order valence-corrected chi connectivity index (χ2v) is 20.8. The summed E-state index contributed by atoms with van der Waals surface area (Å²) in [4.78, 5) is 4.87. The molecule has 0 fully saturated rings. The Morgan fingerprint density at radius 3 is 1.06 bits per heavy atom. The van der Waals surface area contributed by atoms with Crippen LogP contribution in [0.15, 0.2) is 264 Å². The molecule has 0 saturated heterocycles. The van der Waals surface area contributed by atoms with Gasteiger partial charge < -0.3 is 18.6 Å². The zero-order chi connectivity index (χ0) is 51.6. The number of hydrogen-bond acceptors (Lipinski definition) is 4. The Kier molecular flexibility index (Phi) is 9.73. The van der Waals surface area contributed by atoms with Crippen molar-refractivity contribution in [3.63, 3.8) is 0 Å². The maximum Gasteiger partial charge on any atom is 0.159 e. The molecule has 0 aliphatic carbocycles. The highest BCUT2D eigenvalue weighted by Gasteiger charge is 2.28. The fraction of sp³-hybridized carbons (Fsp3) is 0.0270. The third-order valence-electron chi connectivity index (χ3n) is 16.4. The molecule has 0 spiro atoms.